The van der Waals surface area contributed by atoms with Crippen molar-refractivity contribution in [3.05, 3.63) is 125 Å². The van der Waals surface area contributed by atoms with E-state index in [0.717, 1.165) is 11.2 Å². The van der Waals surface area contributed by atoms with Gasteiger partial charge in [-0.15, -0.1) is 0 Å². The minimum Gasteiger partial charge on any atom is -0.456 e. The molecule has 1 aromatic heterocycles. The second-order valence-electron chi connectivity index (χ2n) is 18.1. The zero-order valence-electron chi connectivity index (χ0n) is 32.1. The molecule has 4 heterocycles. The van der Waals surface area contributed by atoms with Crippen LogP contribution in [-0.2, 0) is 10.8 Å². The number of benzene rings is 6. The minimum atomic E-state index is -2.02. The van der Waals surface area contributed by atoms with E-state index in [1.54, 1.807) is 0 Å². The molecule has 0 bridgehead atoms. The highest BCUT2D eigenvalue weighted by Gasteiger charge is 2.52. The summed E-state index contributed by atoms with van der Waals surface area (Å²) in [6.07, 6.45) is 2.38. The topological polar surface area (TPSA) is 19.6 Å². The van der Waals surface area contributed by atoms with Crippen LogP contribution in [0.5, 0.6) is 0 Å². The van der Waals surface area contributed by atoms with Crippen LogP contribution in [0.2, 0.25) is 13.1 Å². The van der Waals surface area contributed by atoms with Gasteiger partial charge in [-0.1, -0.05) is 108 Å². The fourth-order valence-electron chi connectivity index (χ4n) is 10.7. The lowest BCUT2D eigenvalue weighted by atomic mass is 9.43. The molecule has 7 aromatic rings. The third kappa shape index (κ3) is 3.96. The van der Waals surface area contributed by atoms with Gasteiger partial charge in [-0.05, 0) is 118 Å². The fourth-order valence-corrected chi connectivity index (χ4v) is 13.8. The molecular formula is C48H45BN2OSi. The Hall–Kier alpha value is -5.00. The summed E-state index contributed by atoms with van der Waals surface area (Å²) in [4.78, 5) is 5.33. The van der Waals surface area contributed by atoms with Crippen molar-refractivity contribution >= 4 is 86.6 Å². The molecular weight excluding hydrogens is 659 g/mol. The van der Waals surface area contributed by atoms with Gasteiger partial charge in [0, 0.05) is 50.2 Å². The van der Waals surface area contributed by atoms with Gasteiger partial charge in [0.1, 0.15) is 19.2 Å². The van der Waals surface area contributed by atoms with Crippen molar-refractivity contribution in [3.8, 4) is 11.1 Å². The molecule has 0 spiro atoms. The van der Waals surface area contributed by atoms with Crippen LogP contribution in [0.15, 0.2) is 108 Å². The number of nitrogens with zero attached hydrogens (tertiary/aromatic N) is 2. The quantitative estimate of drug-likeness (QED) is 0.159. The molecule has 11 rings (SSSR count). The van der Waals surface area contributed by atoms with E-state index in [1.165, 1.54) is 107 Å². The van der Waals surface area contributed by atoms with Gasteiger partial charge in [0.05, 0.1) is 0 Å². The molecule has 0 unspecified atom stereocenters. The van der Waals surface area contributed by atoms with Crippen LogP contribution < -0.4 is 31.0 Å². The third-order valence-corrected chi connectivity index (χ3v) is 17.2. The summed E-state index contributed by atoms with van der Waals surface area (Å²) in [7, 11) is -2.02. The molecule has 0 amide bonds. The van der Waals surface area contributed by atoms with Crippen LogP contribution in [0.3, 0.4) is 0 Å². The van der Waals surface area contributed by atoms with Gasteiger partial charge in [0.25, 0.3) is 0 Å². The largest absolute Gasteiger partial charge is 0.456 e. The normalized spacial score (nSPS) is 18.0. The Morgan fingerprint density at radius 2 is 1.34 bits per heavy atom. The molecule has 3 aliphatic heterocycles. The zero-order chi connectivity index (χ0) is 36.3. The number of para-hydroxylation sites is 3. The van der Waals surface area contributed by atoms with Crippen LogP contribution >= 0.6 is 0 Å². The standard InChI is InChI=1S/C48H45BN2OSi/c1-28-24-33-31-15-13-19-42-45(31)51(36-16-10-12-18-41(36)53(42,7)8)49-43(33)39(25-28)50(37-21-20-32-30-14-9-11-17-40(30)52-46(32)44(37)49)38-27-35-34(26-29(38)2)47(3,4)22-23-48(35,5)6/h9-21,24-27H,22-23H2,1-8H3. The molecule has 0 N–H and O–H groups in total. The number of rotatable bonds is 1. The number of fused-ring (bicyclic) bond motifs is 11. The highest BCUT2D eigenvalue weighted by atomic mass is 28.3. The van der Waals surface area contributed by atoms with Crippen molar-refractivity contribution in [2.75, 3.05) is 9.71 Å². The maximum atomic E-state index is 7.06. The Morgan fingerprint density at radius 3 is 2.15 bits per heavy atom. The van der Waals surface area contributed by atoms with E-state index < -0.39 is 8.07 Å². The Bertz CT molecular complexity index is 2770. The van der Waals surface area contributed by atoms with Gasteiger partial charge in [0.2, 0.25) is 0 Å². The van der Waals surface area contributed by atoms with Crippen molar-refractivity contribution in [1.29, 1.82) is 0 Å². The summed E-state index contributed by atoms with van der Waals surface area (Å²) in [5.74, 6) is 0. The highest BCUT2D eigenvalue weighted by molar-refractivity contribution is 7.05. The fraction of sp³-hybridized carbons (Fsp3) is 0.250. The second-order valence-corrected chi connectivity index (χ2v) is 22.4. The molecule has 0 atom stereocenters. The molecule has 53 heavy (non-hydrogen) atoms. The van der Waals surface area contributed by atoms with Gasteiger partial charge >= 0.3 is 6.85 Å². The summed E-state index contributed by atoms with van der Waals surface area (Å²) in [6, 6.07) is 39.7. The van der Waals surface area contributed by atoms with E-state index in [-0.39, 0.29) is 17.7 Å². The second kappa shape index (κ2) is 10.1. The first kappa shape index (κ1) is 31.5. The van der Waals surface area contributed by atoms with Gasteiger partial charge in [0.15, 0.2) is 0 Å². The van der Waals surface area contributed by atoms with Gasteiger partial charge in [-0.25, -0.2) is 0 Å². The molecule has 6 aromatic carbocycles. The number of hydrogen-bond donors (Lipinski definition) is 0. The minimum absolute atomic E-state index is 0.0654. The van der Waals surface area contributed by atoms with Gasteiger partial charge in [-0.2, -0.15) is 0 Å². The Labute approximate surface area is 314 Å². The predicted octanol–water partition coefficient (Wildman–Crippen LogP) is 10.4. The molecule has 5 heteroatoms. The molecule has 3 nitrogen and oxygen atoms in total. The molecule has 1 aliphatic carbocycles. The average Bonchev–Trinajstić information content (AvgIpc) is 3.52. The van der Waals surface area contributed by atoms with Crippen LogP contribution in [0.25, 0.3) is 33.1 Å². The summed E-state index contributed by atoms with van der Waals surface area (Å²) >= 11 is 0. The first-order chi connectivity index (χ1) is 25.4. The Kier molecular flexibility index (Phi) is 6.04. The average molecular weight is 705 g/mol. The summed E-state index contributed by atoms with van der Waals surface area (Å²) in [6.45, 7) is 19.4. The zero-order valence-corrected chi connectivity index (χ0v) is 33.1. The maximum absolute atomic E-state index is 7.06. The van der Waals surface area contributed by atoms with Crippen molar-refractivity contribution in [3.63, 3.8) is 0 Å². The van der Waals surface area contributed by atoms with E-state index in [0.29, 0.717) is 0 Å². The molecule has 0 radical (unpaired) electrons. The molecule has 260 valence electrons. The number of aryl methyl sites for hydroxylation is 2. The Balaban J connectivity index is 1.31. The maximum Gasteiger partial charge on any atom is 0.336 e. The summed E-state index contributed by atoms with van der Waals surface area (Å²) in [5.41, 5.74) is 19.6. The lowest BCUT2D eigenvalue weighted by Crippen LogP contribution is -2.68. The van der Waals surface area contributed by atoms with E-state index in [9.17, 15) is 0 Å². The van der Waals surface area contributed by atoms with Crippen molar-refractivity contribution in [1.82, 2.24) is 0 Å². The van der Waals surface area contributed by atoms with E-state index in [1.807, 2.05) is 0 Å². The molecule has 0 saturated carbocycles. The van der Waals surface area contributed by atoms with E-state index in [4.69, 9.17) is 4.42 Å². The smallest absolute Gasteiger partial charge is 0.336 e. The van der Waals surface area contributed by atoms with Gasteiger partial charge < -0.3 is 14.1 Å². The monoisotopic (exact) mass is 704 g/mol. The van der Waals surface area contributed by atoms with E-state index >= 15 is 0 Å². The summed E-state index contributed by atoms with van der Waals surface area (Å²) in [5, 5.41) is 5.36. The molecule has 0 fully saturated rings. The predicted molar refractivity (Wildman–Crippen MR) is 229 cm³/mol. The lowest BCUT2D eigenvalue weighted by molar-refractivity contribution is 0.332. The number of furan rings is 1. The van der Waals surface area contributed by atoms with Crippen molar-refractivity contribution < 1.29 is 4.42 Å². The third-order valence-electron chi connectivity index (χ3n) is 13.6. The van der Waals surface area contributed by atoms with Crippen LogP contribution in [0, 0.1) is 13.8 Å². The summed E-state index contributed by atoms with van der Waals surface area (Å²) < 4.78 is 7.06. The van der Waals surface area contributed by atoms with Crippen molar-refractivity contribution in [2.45, 2.75) is 78.3 Å². The Morgan fingerprint density at radius 1 is 0.623 bits per heavy atom. The molecule has 0 saturated heterocycles. The molecule has 4 aliphatic rings. The first-order valence-electron chi connectivity index (χ1n) is 19.4. The van der Waals surface area contributed by atoms with Gasteiger partial charge in [-0.3, -0.25) is 0 Å². The highest BCUT2D eigenvalue weighted by Crippen LogP contribution is 2.52. The first-order valence-corrected chi connectivity index (χ1v) is 22.4. The van der Waals surface area contributed by atoms with E-state index in [2.05, 4.69) is 167 Å². The lowest BCUT2D eigenvalue weighted by Gasteiger charge is -2.51. The van der Waals surface area contributed by atoms with Crippen LogP contribution in [-0.4, -0.2) is 14.9 Å². The number of anilines is 5. The number of hydrogen-bond acceptors (Lipinski definition) is 3. The van der Waals surface area contributed by atoms with Crippen LogP contribution in [0.1, 0.15) is 62.8 Å². The SMILES string of the molecule is Cc1cc2c3c(c1)N(c1cc4c(cc1C)C(C)(C)CCC4(C)C)c1ccc4c(oc5ccccc54)c1B3N1c3ccccc3[Si](C)(C)c3cccc-2c31. The van der Waals surface area contributed by atoms with Crippen molar-refractivity contribution in [2.24, 2.45) is 0 Å². The van der Waals surface area contributed by atoms with Crippen LogP contribution in [0.4, 0.5) is 28.4 Å².